The molecule has 1 aromatic carbocycles. The smallest absolute Gasteiger partial charge is 0.251 e. The quantitative estimate of drug-likeness (QED) is 0.669. The van der Waals surface area contributed by atoms with Crippen LogP contribution in [0.25, 0.3) is 0 Å². The van der Waals surface area contributed by atoms with Gasteiger partial charge in [-0.25, -0.2) is 0 Å². The van der Waals surface area contributed by atoms with Crippen LogP contribution < -0.4 is 10.6 Å². The molecule has 7 heteroatoms. The number of nitrogens with one attached hydrogen (secondary N) is 2. The first kappa shape index (κ1) is 22.0. The number of benzene rings is 1. The van der Waals surface area contributed by atoms with E-state index in [0.717, 1.165) is 5.76 Å². The van der Waals surface area contributed by atoms with Gasteiger partial charge in [-0.1, -0.05) is 25.4 Å². The van der Waals surface area contributed by atoms with Gasteiger partial charge in [0, 0.05) is 17.1 Å². The molecule has 0 aliphatic carbocycles. The zero-order valence-electron chi connectivity index (χ0n) is 16.7. The molecule has 0 spiro atoms. The first-order valence-electron chi connectivity index (χ1n) is 9.32. The lowest BCUT2D eigenvalue weighted by atomic mass is 10.0. The fourth-order valence-corrected chi connectivity index (χ4v) is 3.01. The molecule has 0 aliphatic rings. The molecule has 2 unspecified atom stereocenters. The molecule has 0 radical (unpaired) electrons. The Morgan fingerprint density at radius 3 is 2.36 bits per heavy atom. The molecule has 2 rings (SSSR count). The first-order chi connectivity index (χ1) is 13.3. The molecular formula is C21H28ClN3O3. The zero-order chi connectivity index (χ0) is 20.7. The third kappa shape index (κ3) is 6.39. The van der Waals surface area contributed by atoms with Gasteiger partial charge in [0.25, 0.3) is 5.91 Å². The van der Waals surface area contributed by atoms with E-state index in [9.17, 15) is 9.59 Å². The number of carbonyl (C=O) groups is 2. The summed E-state index contributed by atoms with van der Waals surface area (Å²) in [6.45, 7) is 4.41. The number of halogens is 1. The maximum Gasteiger partial charge on any atom is 0.251 e. The molecular weight excluding hydrogens is 378 g/mol. The van der Waals surface area contributed by atoms with Crippen LogP contribution in [0, 0.1) is 5.92 Å². The van der Waals surface area contributed by atoms with Crippen LogP contribution in [0.5, 0.6) is 0 Å². The third-order valence-electron chi connectivity index (χ3n) is 4.40. The number of amides is 2. The van der Waals surface area contributed by atoms with Crippen molar-refractivity contribution in [2.24, 2.45) is 5.92 Å². The van der Waals surface area contributed by atoms with Gasteiger partial charge >= 0.3 is 0 Å². The third-order valence-corrected chi connectivity index (χ3v) is 4.65. The van der Waals surface area contributed by atoms with Gasteiger partial charge in [0.2, 0.25) is 5.91 Å². The predicted molar refractivity (Wildman–Crippen MR) is 110 cm³/mol. The summed E-state index contributed by atoms with van der Waals surface area (Å²) >= 11 is 5.87. The van der Waals surface area contributed by atoms with Crippen molar-refractivity contribution in [1.29, 1.82) is 0 Å². The molecule has 2 amide bonds. The minimum Gasteiger partial charge on any atom is -0.468 e. The average molecular weight is 406 g/mol. The standard InChI is InChI=1S/C21H28ClN3O3/c1-14(2)12-17(24-20(26)15-7-9-16(22)10-8-15)21(27)23-13-18(25(3)4)19-6-5-11-28-19/h5-11,14,17-18H,12-13H2,1-4H3,(H,23,27)(H,24,26). The van der Waals surface area contributed by atoms with Gasteiger partial charge in [0.1, 0.15) is 11.8 Å². The Morgan fingerprint density at radius 1 is 1.14 bits per heavy atom. The van der Waals surface area contributed by atoms with Crippen molar-refractivity contribution in [1.82, 2.24) is 15.5 Å². The summed E-state index contributed by atoms with van der Waals surface area (Å²) in [6, 6.07) is 9.57. The molecule has 152 valence electrons. The van der Waals surface area contributed by atoms with E-state index in [-0.39, 0.29) is 23.8 Å². The lowest BCUT2D eigenvalue weighted by Gasteiger charge is -2.25. The highest BCUT2D eigenvalue weighted by Crippen LogP contribution is 2.18. The van der Waals surface area contributed by atoms with Crippen LogP contribution in [0.4, 0.5) is 0 Å². The highest BCUT2D eigenvalue weighted by atomic mass is 35.5. The summed E-state index contributed by atoms with van der Waals surface area (Å²) in [5, 5.41) is 6.34. The molecule has 0 fully saturated rings. The molecule has 1 aromatic heterocycles. The van der Waals surface area contributed by atoms with Crippen molar-refractivity contribution in [2.45, 2.75) is 32.4 Å². The minimum atomic E-state index is -0.623. The lowest BCUT2D eigenvalue weighted by molar-refractivity contribution is -0.123. The molecule has 1 heterocycles. The summed E-state index contributed by atoms with van der Waals surface area (Å²) in [5.41, 5.74) is 0.465. The Morgan fingerprint density at radius 2 is 1.82 bits per heavy atom. The van der Waals surface area contributed by atoms with Gasteiger partial charge in [-0.15, -0.1) is 0 Å². The van der Waals surface area contributed by atoms with Crippen molar-refractivity contribution in [3.63, 3.8) is 0 Å². The molecule has 6 nitrogen and oxygen atoms in total. The second-order valence-corrected chi connectivity index (χ2v) is 7.84. The molecule has 0 aliphatic heterocycles. The highest BCUT2D eigenvalue weighted by Gasteiger charge is 2.24. The average Bonchev–Trinajstić information content (AvgIpc) is 3.15. The number of rotatable bonds is 9. The van der Waals surface area contributed by atoms with Gasteiger partial charge in [-0.2, -0.15) is 0 Å². The first-order valence-corrected chi connectivity index (χ1v) is 9.69. The summed E-state index contributed by atoms with van der Waals surface area (Å²) in [6.07, 6.45) is 2.15. The van der Waals surface area contributed by atoms with Crippen molar-refractivity contribution in [3.8, 4) is 0 Å². The number of likely N-dealkylation sites (N-methyl/N-ethyl adjacent to an activating group) is 1. The van der Waals surface area contributed by atoms with Gasteiger partial charge in [0.15, 0.2) is 0 Å². The molecule has 2 N–H and O–H groups in total. The van der Waals surface area contributed by atoms with E-state index in [2.05, 4.69) is 10.6 Å². The van der Waals surface area contributed by atoms with Crippen LogP contribution in [0.15, 0.2) is 47.1 Å². The van der Waals surface area contributed by atoms with E-state index in [0.29, 0.717) is 23.6 Å². The van der Waals surface area contributed by atoms with Crippen LogP contribution in [0.2, 0.25) is 5.02 Å². The van der Waals surface area contributed by atoms with E-state index in [1.54, 1.807) is 30.5 Å². The Kier molecular flexibility index (Phi) is 8.08. The van der Waals surface area contributed by atoms with E-state index >= 15 is 0 Å². The van der Waals surface area contributed by atoms with Crippen LogP contribution in [-0.2, 0) is 4.79 Å². The van der Waals surface area contributed by atoms with Crippen molar-refractivity contribution >= 4 is 23.4 Å². The van der Waals surface area contributed by atoms with Crippen LogP contribution >= 0.6 is 11.6 Å². The normalized spacial score (nSPS) is 13.4. The van der Waals surface area contributed by atoms with E-state index < -0.39 is 6.04 Å². The molecule has 0 saturated heterocycles. The topological polar surface area (TPSA) is 74.6 Å². The van der Waals surface area contributed by atoms with E-state index in [1.807, 2.05) is 45.0 Å². The fraction of sp³-hybridized carbons (Fsp3) is 0.429. The Labute approximate surface area is 171 Å². The Bertz CT molecular complexity index is 758. The second kappa shape index (κ2) is 10.3. The number of carbonyl (C=O) groups excluding carboxylic acids is 2. The maximum absolute atomic E-state index is 12.8. The van der Waals surface area contributed by atoms with E-state index in [1.165, 1.54) is 0 Å². The molecule has 28 heavy (non-hydrogen) atoms. The minimum absolute atomic E-state index is 0.0920. The molecule has 2 atom stereocenters. The number of nitrogens with zero attached hydrogens (tertiary/aromatic N) is 1. The molecule has 0 bridgehead atoms. The Hall–Kier alpha value is -2.31. The number of furan rings is 1. The van der Waals surface area contributed by atoms with Crippen molar-refractivity contribution in [3.05, 3.63) is 59.0 Å². The fourth-order valence-electron chi connectivity index (χ4n) is 2.88. The van der Waals surface area contributed by atoms with Crippen LogP contribution in [0.1, 0.15) is 42.4 Å². The van der Waals surface area contributed by atoms with E-state index in [4.69, 9.17) is 16.0 Å². The number of hydrogen-bond donors (Lipinski definition) is 2. The van der Waals surface area contributed by atoms with Crippen LogP contribution in [0.3, 0.4) is 0 Å². The monoisotopic (exact) mass is 405 g/mol. The zero-order valence-corrected chi connectivity index (χ0v) is 17.5. The van der Waals surface area contributed by atoms with Gasteiger partial charge in [0.05, 0.1) is 12.3 Å². The highest BCUT2D eigenvalue weighted by molar-refractivity contribution is 6.30. The van der Waals surface area contributed by atoms with Crippen molar-refractivity contribution in [2.75, 3.05) is 20.6 Å². The molecule has 2 aromatic rings. The van der Waals surface area contributed by atoms with Crippen molar-refractivity contribution < 1.29 is 14.0 Å². The second-order valence-electron chi connectivity index (χ2n) is 7.40. The summed E-state index contributed by atoms with van der Waals surface area (Å²) in [5.74, 6) is 0.508. The number of hydrogen-bond acceptors (Lipinski definition) is 4. The Balaban J connectivity index is 2.03. The SMILES string of the molecule is CC(C)CC(NC(=O)c1ccc(Cl)cc1)C(=O)NCC(c1ccco1)N(C)C. The predicted octanol–water partition coefficient (Wildman–Crippen LogP) is 3.50. The summed E-state index contributed by atoms with van der Waals surface area (Å²) in [7, 11) is 3.85. The lowest BCUT2D eigenvalue weighted by Crippen LogP contribution is -2.49. The summed E-state index contributed by atoms with van der Waals surface area (Å²) in [4.78, 5) is 27.3. The van der Waals surface area contributed by atoms with Gasteiger partial charge in [-0.05, 0) is 62.8 Å². The van der Waals surface area contributed by atoms with Gasteiger partial charge < -0.3 is 15.1 Å². The van der Waals surface area contributed by atoms with Crippen LogP contribution in [-0.4, -0.2) is 43.4 Å². The van der Waals surface area contributed by atoms with Gasteiger partial charge in [-0.3, -0.25) is 14.5 Å². The summed E-state index contributed by atoms with van der Waals surface area (Å²) < 4.78 is 5.47. The maximum atomic E-state index is 12.8. The largest absolute Gasteiger partial charge is 0.468 e. The molecule has 0 saturated carbocycles.